The van der Waals surface area contributed by atoms with Gasteiger partial charge < -0.3 is 5.32 Å². The first-order valence-electron chi connectivity index (χ1n) is 9.97. The summed E-state index contributed by atoms with van der Waals surface area (Å²) >= 11 is 9.85. The first-order chi connectivity index (χ1) is 14.5. The normalized spacial score (nSPS) is 32.0. The quantitative estimate of drug-likeness (QED) is 0.626. The highest BCUT2D eigenvalue weighted by Gasteiger charge is 2.74. The predicted molar refractivity (Wildman–Crippen MR) is 115 cm³/mol. The second-order valence-corrected chi connectivity index (χ2v) is 9.60. The van der Waals surface area contributed by atoms with Crippen LogP contribution in [0.4, 0.5) is 11.4 Å². The molecule has 2 aromatic carbocycles. The molecule has 30 heavy (non-hydrogen) atoms. The molecule has 4 heterocycles. The van der Waals surface area contributed by atoms with Crippen LogP contribution in [0.1, 0.15) is 18.4 Å². The minimum atomic E-state index is -1.17. The van der Waals surface area contributed by atoms with E-state index in [4.69, 9.17) is 11.6 Å². The van der Waals surface area contributed by atoms with Gasteiger partial charge in [0.05, 0.1) is 22.5 Å². The highest BCUT2D eigenvalue weighted by molar-refractivity contribution is 9.10. The number of para-hydroxylation sites is 1. The number of hydrogen-bond acceptors (Lipinski definition) is 4. The van der Waals surface area contributed by atoms with Gasteiger partial charge in [0.2, 0.25) is 17.7 Å². The molecule has 6 nitrogen and oxygen atoms in total. The Bertz CT molecular complexity index is 1150. The number of nitrogens with zero attached hydrogens (tertiary/aromatic N) is 2. The zero-order chi connectivity index (χ0) is 20.8. The molecule has 8 heteroatoms. The summed E-state index contributed by atoms with van der Waals surface area (Å²) in [6.07, 6.45) is 1.68. The number of hydrogen-bond donors (Lipinski definition) is 1. The fourth-order valence-corrected chi connectivity index (χ4v) is 6.63. The van der Waals surface area contributed by atoms with Crippen molar-refractivity contribution in [3.8, 4) is 0 Å². The Morgan fingerprint density at radius 3 is 2.70 bits per heavy atom. The van der Waals surface area contributed by atoms with Gasteiger partial charge in [0.1, 0.15) is 5.54 Å². The number of fused-ring (bicyclic) bond motifs is 7. The SMILES string of the molecule is O=C1[C@@H]2[C@@H]3CCCN3[C@@]3(C(=O)Nc4ccc(Br)cc43)[C@H]2C(=O)N1c1ccccc1Cl. The second-order valence-electron chi connectivity index (χ2n) is 8.28. The van der Waals surface area contributed by atoms with E-state index in [1.807, 2.05) is 18.2 Å². The van der Waals surface area contributed by atoms with E-state index in [1.54, 1.807) is 24.3 Å². The number of nitrogens with one attached hydrogen (secondary N) is 1. The minimum absolute atomic E-state index is 0.144. The van der Waals surface area contributed by atoms with Crippen LogP contribution < -0.4 is 10.2 Å². The molecule has 0 aliphatic carbocycles. The number of rotatable bonds is 1. The minimum Gasteiger partial charge on any atom is -0.324 e. The molecule has 4 aliphatic rings. The molecule has 152 valence electrons. The average Bonchev–Trinajstić information content (AvgIpc) is 3.42. The number of carbonyl (C=O) groups is 3. The van der Waals surface area contributed by atoms with Crippen LogP contribution >= 0.6 is 27.5 Å². The summed E-state index contributed by atoms with van der Waals surface area (Å²) in [6, 6.07) is 12.3. The monoisotopic (exact) mass is 485 g/mol. The highest BCUT2D eigenvalue weighted by Crippen LogP contribution is 2.61. The maximum atomic E-state index is 13.8. The Balaban J connectivity index is 1.58. The van der Waals surface area contributed by atoms with Crippen LogP contribution in [0.2, 0.25) is 5.02 Å². The molecule has 0 unspecified atom stereocenters. The van der Waals surface area contributed by atoms with Crippen molar-refractivity contribution in [3.05, 3.63) is 57.5 Å². The standard InChI is InChI=1S/C22H17BrClN3O3/c23-11-7-8-14-12(10-11)22(21(30)25-14)18-17(16-6-3-9-26(16)22)19(28)27(20(18)29)15-5-2-1-4-13(15)24/h1-2,4-5,7-8,10,16-18H,3,6,9H2,(H,25,30)/t16-,17+,18+,22+/m0/s1. The number of carbonyl (C=O) groups excluding carboxylic acids is 3. The van der Waals surface area contributed by atoms with Crippen molar-refractivity contribution in [2.45, 2.75) is 24.4 Å². The third kappa shape index (κ3) is 2.05. The summed E-state index contributed by atoms with van der Waals surface area (Å²) < 4.78 is 0.830. The molecule has 4 atom stereocenters. The van der Waals surface area contributed by atoms with Gasteiger partial charge in [-0.05, 0) is 49.7 Å². The number of imide groups is 1. The van der Waals surface area contributed by atoms with E-state index in [0.29, 0.717) is 22.9 Å². The van der Waals surface area contributed by atoms with E-state index < -0.39 is 17.4 Å². The maximum absolute atomic E-state index is 13.8. The van der Waals surface area contributed by atoms with Crippen LogP contribution in [-0.2, 0) is 19.9 Å². The third-order valence-corrected chi connectivity index (χ3v) is 7.86. The number of anilines is 2. The van der Waals surface area contributed by atoms with Gasteiger partial charge in [-0.1, -0.05) is 39.7 Å². The molecule has 2 aromatic rings. The second kappa shape index (κ2) is 6.15. The van der Waals surface area contributed by atoms with Gasteiger partial charge >= 0.3 is 0 Å². The smallest absolute Gasteiger partial charge is 0.250 e. The Morgan fingerprint density at radius 2 is 1.90 bits per heavy atom. The summed E-state index contributed by atoms with van der Waals surface area (Å²) in [6.45, 7) is 0.684. The van der Waals surface area contributed by atoms with Gasteiger partial charge in [-0.3, -0.25) is 19.3 Å². The van der Waals surface area contributed by atoms with E-state index in [9.17, 15) is 14.4 Å². The van der Waals surface area contributed by atoms with Gasteiger partial charge in [-0.2, -0.15) is 0 Å². The van der Waals surface area contributed by atoms with Crippen molar-refractivity contribution < 1.29 is 14.4 Å². The molecule has 3 saturated heterocycles. The molecule has 0 bridgehead atoms. The summed E-state index contributed by atoms with van der Waals surface area (Å²) in [7, 11) is 0. The molecule has 4 aliphatic heterocycles. The lowest BCUT2D eigenvalue weighted by Crippen LogP contribution is -2.54. The van der Waals surface area contributed by atoms with Crippen molar-refractivity contribution in [2.24, 2.45) is 11.8 Å². The lowest BCUT2D eigenvalue weighted by Gasteiger charge is -2.36. The average molecular weight is 487 g/mol. The van der Waals surface area contributed by atoms with Crippen LogP contribution in [0, 0.1) is 11.8 Å². The zero-order valence-corrected chi connectivity index (χ0v) is 18.1. The molecule has 0 aromatic heterocycles. The summed E-state index contributed by atoms with van der Waals surface area (Å²) in [5.41, 5.74) is 0.679. The lowest BCUT2D eigenvalue weighted by molar-refractivity contribution is -0.135. The predicted octanol–water partition coefficient (Wildman–Crippen LogP) is 3.53. The molecule has 1 spiro atoms. The van der Waals surface area contributed by atoms with Gasteiger partial charge in [0.15, 0.2) is 0 Å². The van der Waals surface area contributed by atoms with Crippen molar-refractivity contribution in [1.29, 1.82) is 0 Å². The maximum Gasteiger partial charge on any atom is 0.250 e. The number of benzene rings is 2. The largest absolute Gasteiger partial charge is 0.324 e. The van der Waals surface area contributed by atoms with Crippen molar-refractivity contribution >= 4 is 56.6 Å². The molecule has 0 radical (unpaired) electrons. The highest BCUT2D eigenvalue weighted by atomic mass is 79.9. The topological polar surface area (TPSA) is 69.7 Å². The Morgan fingerprint density at radius 1 is 1.10 bits per heavy atom. The van der Waals surface area contributed by atoms with E-state index >= 15 is 0 Å². The van der Waals surface area contributed by atoms with E-state index in [1.165, 1.54) is 4.90 Å². The molecule has 3 amide bonds. The molecule has 0 saturated carbocycles. The third-order valence-electron chi connectivity index (χ3n) is 7.05. The van der Waals surface area contributed by atoms with Gasteiger partial charge in [0.25, 0.3) is 0 Å². The molecule has 3 fully saturated rings. The van der Waals surface area contributed by atoms with Crippen molar-refractivity contribution in [1.82, 2.24) is 4.90 Å². The van der Waals surface area contributed by atoms with E-state index in [2.05, 4.69) is 26.1 Å². The van der Waals surface area contributed by atoms with Crippen molar-refractivity contribution in [2.75, 3.05) is 16.8 Å². The van der Waals surface area contributed by atoms with Crippen LogP contribution in [0.5, 0.6) is 0 Å². The molecular formula is C22H17BrClN3O3. The number of halogens is 2. The van der Waals surface area contributed by atoms with Crippen LogP contribution in [0.15, 0.2) is 46.9 Å². The molecule has 6 rings (SSSR count). The van der Waals surface area contributed by atoms with Crippen LogP contribution in [0.3, 0.4) is 0 Å². The van der Waals surface area contributed by atoms with Crippen LogP contribution in [0.25, 0.3) is 0 Å². The zero-order valence-electron chi connectivity index (χ0n) is 15.8. The summed E-state index contributed by atoms with van der Waals surface area (Å²) in [5, 5.41) is 3.32. The molecule has 1 N–H and O–H groups in total. The Kier molecular flexibility index (Phi) is 3.80. The fraction of sp³-hybridized carbons (Fsp3) is 0.318. The fourth-order valence-electron chi connectivity index (χ4n) is 6.05. The lowest BCUT2D eigenvalue weighted by atomic mass is 9.75. The van der Waals surface area contributed by atoms with Gasteiger partial charge in [-0.25, -0.2) is 4.90 Å². The first-order valence-corrected chi connectivity index (χ1v) is 11.1. The number of amides is 3. The first kappa shape index (κ1) is 18.5. The van der Waals surface area contributed by atoms with Crippen molar-refractivity contribution in [3.63, 3.8) is 0 Å². The summed E-state index contributed by atoms with van der Waals surface area (Å²) in [5.74, 6) is -2.18. The molecular weight excluding hydrogens is 470 g/mol. The Hall–Kier alpha value is -2.22. The van der Waals surface area contributed by atoms with E-state index in [0.717, 1.165) is 22.9 Å². The summed E-state index contributed by atoms with van der Waals surface area (Å²) in [4.78, 5) is 44.3. The van der Waals surface area contributed by atoms with Gasteiger partial charge in [0, 0.05) is 21.8 Å². The van der Waals surface area contributed by atoms with Gasteiger partial charge in [-0.15, -0.1) is 0 Å². The van der Waals surface area contributed by atoms with E-state index in [-0.39, 0.29) is 23.8 Å². The van der Waals surface area contributed by atoms with Crippen LogP contribution in [-0.4, -0.2) is 35.2 Å². The Labute approximate surface area is 186 Å².